The van der Waals surface area contributed by atoms with Crippen molar-refractivity contribution in [2.75, 3.05) is 5.32 Å². The van der Waals surface area contributed by atoms with Crippen LogP contribution in [0.25, 0.3) is 16.8 Å². The summed E-state index contributed by atoms with van der Waals surface area (Å²) in [5.74, 6) is 0.809. The van der Waals surface area contributed by atoms with Crippen LogP contribution in [0.3, 0.4) is 0 Å². The summed E-state index contributed by atoms with van der Waals surface area (Å²) in [5, 5.41) is 13.1. The summed E-state index contributed by atoms with van der Waals surface area (Å²) in [7, 11) is 0. The molecule has 0 radical (unpaired) electrons. The van der Waals surface area contributed by atoms with Crippen molar-refractivity contribution < 1.29 is 5.11 Å². The average molecular weight is 355 g/mol. The van der Waals surface area contributed by atoms with Gasteiger partial charge in [0.1, 0.15) is 11.6 Å². The SMILES string of the molecule is O=c1cc(Nc2ccccn2)n(-c2cccc(-c3ccccc3)c2)cc1O. The van der Waals surface area contributed by atoms with Crippen LogP contribution in [0.4, 0.5) is 11.6 Å². The van der Waals surface area contributed by atoms with Crippen LogP contribution in [0.1, 0.15) is 0 Å². The van der Waals surface area contributed by atoms with Gasteiger partial charge in [-0.05, 0) is 35.4 Å². The number of pyridine rings is 2. The molecular formula is C22H17N3O2. The normalized spacial score (nSPS) is 10.5. The van der Waals surface area contributed by atoms with E-state index < -0.39 is 5.43 Å². The van der Waals surface area contributed by atoms with Gasteiger partial charge in [0.25, 0.3) is 0 Å². The first-order valence-corrected chi connectivity index (χ1v) is 8.50. The number of anilines is 2. The quantitative estimate of drug-likeness (QED) is 0.571. The highest BCUT2D eigenvalue weighted by Crippen LogP contribution is 2.25. The zero-order valence-corrected chi connectivity index (χ0v) is 14.4. The van der Waals surface area contributed by atoms with Crippen molar-refractivity contribution in [3.63, 3.8) is 0 Å². The first-order valence-electron chi connectivity index (χ1n) is 8.50. The van der Waals surface area contributed by atoms with Gasteiger partial charge in [0.2, 0.25) is 5.43 Å². The van der Waals surface area contributed by atoms with Crippen molar-refractivity contribution in [3.05, 3.63) is 101 Å². The van der Waals surface area contributed by atoms with Gasteiger partial charge in [-0.15, -0.1) is 0 Å². The Balaban J connectivity index is 1.81. The molecule has 0 aliphatic heterocycles. The Morgan fingerprint density at radius 2 is 1.63 bits per heavy atom. The summed E-state index contributed by atoms with van der Waals surface area (Å²) >= 11 is 0. The average Bonchev–Trinajstić information content (AvgIpc) is 2.72. The number of benzene rings is 2. The minimum Gasteiger partial charge on any atom is -0.503 e. The van der Waals surface area contributed by atoms with E-state index in [0.717, 1.165) is 16.8 Å². The van der Waals surface area contributed by atoms with Crippen molar-refractivity contribution >= 4 is 11.6 Å². The Morgan fingerprint density at radius 1 is 0.852 bits per heavy atom. The Morgan fingerprint density at radius 3 is 2.41 bits per heavy atom. The van der Waals surface area contributed by atoms with Gasteiger partial charge in [0, 0.05) is 18.0 Å². The molecule has 0 unspecified atom stereocenters. The van der Waals surface area contributed by atoms with Crippen molar-refractivity contribution in [2.45, 2.75) is 0 Å². The number of hydrogen-bond donors (Lipinski definition) is 2. The highest BCUT2D eigenvalue weighted by atomic mass is 16.3. The zero-order valence-electron chi connectivity index (χ0n) is 14.4. The Bertz CT molecular complexity index is 1120. The smallest absolute Gasteiger partial charge is 0.225 e. The molecule has 2 heterocycles. The monoisotopic (exact) mass is 355 g/mol. The van der Waals surface area contributed by atoms with Gasteiger partial charge in [-0.25, -0.2) is 4.98 Å². The Labute approximate surface area is 156 Å². The largest absolute Gasteiger partial charge is 0.503 e. The van der Waals surface area contributed by atoms with E-state index in [0.29, 0.717) is 11.6 Å². The highest BCUT2D eigenvalue weighted by molar-refractivity contribution is 5.67. The predicted octanol–water partition coefficient (Wildman–Crippen LogP) is 4.35. The van der Waals surface area contributed by atoms with E-state index in [4.69, 9.17) is 0 Å². The minimum absolute atomic E-state index is 0.313. The van der Waals surface area contributed by atoms with Crippen LogP contribution in [0.15, 0.2) is 96.1 Å². The third kappa shape index (κ3) is 3.57. The molecule has 0 aliphatic rings. The second-order valence-corrected chi connectivity index (χ2v) is 6.03. The van der Waals surface area contributed by atoms with Crippen molar-refractivity contribution in [1.29, 1.82) is 0 Å². The van der Waals surface area contributed by atoms with E-state index >= 15 is 0 Å². The third-order valence-corrected chi connectivity index (χ3v) is 4.18. The third-order valence-electron chi connectivity index (χ3n) is 4.18. The van der Waals surface area contributed by atoms with Crippen molar-refractivity contribution in [3.8, 4) is 22.6 Å². The fourth-order valence-corrected chi connectivity index (χ4v) is 2.87. The Hall–Kier alpha value is -3.86. The van der Waals surface area contributed by atoms with Gasteiger partial charge in [0.15, 0.2) is 5.75 Å². The van der Waals surface area contributed by atoms with Gasteiger partial charge in [-0.3, -0.25) is 9.36 Å². The van der Waals surface area contributed by atoms with Crippen molar-refractivity contribution in [2.24, 2.45) is 0 Å². The van der Waals surface area contributed by atoms with Crippen LogP contribution in [-0.2, 0) is 0 Å². The second-order valence-electron chi connectivity index (χ2n) is 6.03. The molecule has 5 heteroatoms. The standard InChI is InChI=1S/C22H17N3O2/c26-19-14-22(24-21-11-4-5-12-23-21)25(15-20(19)27)18-10-6-9-17(13-18)16-7-2-1-3-8-16/h1-15,27H,(H,23,24). The number of nitrogens with one attached hydrogen (secondary N) is 1. The highest BCUT2D eigenvalue weighted by Gasteiger charge is 2.09. The van der Waals surface area contributed by atoms with Crippen LogP contribution in [0.2, 0.25) is 0 Å². The van der Waals surface area contributed by atoms with E-state index in [2.05, 4.69) is 10.3 Å². The number of aromatic nitrogens is 2. The molecule has 0 bridgehead atoms. The molecule has 2 N–H and O–H groups in total. The number of aromatic hydroxyl groups is 1. The summed E-state index contributed by atoms with van der Waals surface area (Å²) in [6.07, 6.45) is 3.08. The zero-order chi connectivity index (χ0) is 18.6. The molecule has 4 aromatic rings. The van der Waals surface area contributed by atoms with E-state index in [9.17, 15) is 9.90 Å². The van der Waals surface area contributed by atoms with Crippen LogP contribution >= 0.6 is 0 Å². The van der Waals surface area contributed by atoms with E-state index in [-0.39, 0.29) is 5.75 Å². The van der Waals surface area contributed by atoms with E-state index in [1.807, 2.05) is 72.8 Å². The summed E-state index contributed by atoms with van der Waals surface area (Å²) < 4.78 is 1.73. The fraction of sp³-hybridized carbons (Fsp3) is 0. The molecule has 0 atom stereocenters. The van der Waals surface area contributed by atoms with Crippen LogP contribution < -0.4 is 10.7 Å². The maximum Gasteiger partial charge on any atom is 0.225 e. The maximum atomic E-state index is 12.0. The van der Waals surface area contributed by atoms with E-state index in [1.165, 1.54) is 12.3 Å². The maximum absolute atomic E-state index is 12.0. The topological polar surface area (TPSA) is 67.2 Å². The molecule has 0 aliphatic carbocycles. The summed E-state index contributed by atoms with van der Waals surface area (Å²) in [6, 6.07) is 24.7. The lowest BCUT2D eigenvalue weighted by Gasteiger charge is -2.16. The lowest BCUT2D eigenvalue weighted by atomic mass is 10.1. The first kappa shape index (κ1) is 16.6. The molecule has 2 aromatic carbocycles. The number of nitrogens with zero attached hydrogens (tertiary/aromatic N) is 2. The molecule has 0 saturated carbocycles. The van der Waals surface area contributed by atoms with Crippen molar-refractivity contribution in [1.82, 2.24) is 9.55 Å². The summed E-state index contributed by atoms with van der Waals surface area (Å²) in [5.41, 5.74) is 2.48. The second kappa shape index (κ2) is 7.17. The van der Waals surface area contributed by atoms with Gasteiger partial charge >= 0.3 is 0 Å². The van der Waals surface area contributed by atoms with E-state index in [1.54, 1.807) is 10.8 Å². The number of hydrogen-bond acceptors (Lipinski definition) is 4. The van der Waals surface area contributed by atoms with Gasteiger partial charge in [-0.1, -0.05) is 48.5 Å². The van der Waals surface area contributed by atoms with Gasteiger partial charge in [0.05, 0.1) is 6.20 Å². The molecular weight excluding hydrogens is 338 g/mol. The van der Waals surface area contributed by atoms with Gasteiger partial charge in [-0.2, -0.15) is 0 Å². The fourth-order valence-electron chi connectivity index (χ4n) is 2.87. The van der Waals surface area contributed by atoms with Crippen LogP contribution in [0.5, 0.6) is 5.75 Å². The lowest BCUT2D eigenvalue weighted by Crippen LogP contribution is -2.10. The number of rotatable bonds is 4. The predicted molar refractivity (Wildman–Crippen MR) is 107 cm³/mol. The Kier molecular flexibility index (Phi) is 4.41. The molecule has 5 nitrogen and oxygen atoms in total. The minimum atomic E-state index is -0.455. The summed E-state index contributed by atoms with van der Waals surface area (Å²) in [4.78, 5) is 16.2. The van der Waals surface area contributed by atoms with Crippen LogP contribution in [0, 0.1) is 0 Å². The summed E-state index contributed by atoms with van der Waals surface area (Å²) in [6.45, 7) is 0. The molecule has 132 valence electrons. The molecule has 0 saturated heterocycles. The molecule has 4 rings (SSSR count). The molecule has 2 aromatic heterocycles. The molecule has 0 amide bonds. The molecule has 0 fully saturated rings. The first-order chi connectivity index (χ1) is 13.2. The molecule has 27 heavy (non-hydrogen) atoms. The molecule has 0 spiro atoms. The van der Waals surface area contributed by atoms with Gasteiger partial charge < -0.3 is 10.4 Å². The lowest BCUT2D eigenvalue weighted by molar-refractivity contribution is 0.466. The van der Waals surface area contributed by atoms with Crippen LogP contribution in [-0.4, -0.2) is 14.7 Å².